The molecule has 0 saturated carbocycles. The van der Waals surface area contributed by atoms with Crippen LogP contribution in [0, 0.1) is 5.82 Å². The van der Waals surface area contributed by atoms with E-state index in [2.05, 4.69) is 0 Å². The Bertz CT molecular complexity index is 931. The zero-order valence-electron chi connectivity index (χ0n) is 12.0. The van der Waals surface area contributed by atoms with E-state index in [0.717, 1.165) is 25.2 Å². The van der Waals surface area contributed by atoms with Gasteiger partial charge in [0.1, 0.15) is 11.5 Å². The molecule has 0 amide bonds. The topological polar surface area (TPSA) is 61.1 Å². The maximum absolute atomic E-state index is 14.0. The molecule has 5 nitrogen and oxygen atoms in total. The summed E-state index contributed by atoms with van der Waals surface area (Å²) in [7, 11) is 0.798. The van der Waals surface area contributed by atoms with Crippen molar-refractivity contribution in [2.24, 2.45) is 7.05 Å². The SMILES string of the molecule is Cn1c(C(F)(F)F)cc(=O)n(-c2cc(C(=O)CCl)ccc2F)c1=O. The fourth-order valence-corrected chi connectivity index (χ4v) is 2.21. The highest BCUT2D eigenvalue weighted by molar-refractivity contribution is 6.30. The standard InChI is InChI=1S/C14H9ClF4N2O3/c1-20-11(14(17,18)19)5-12(23)21(13(20)24)9-4-7(10(22)6-15)2-3-8(9)16/h2-5H,6H2,1H3. The molecule has 0 fully saturated rings. The molecule has 0 atom stereocenters. The van der Waals surface area contributed by atoms with Gasteiger partial charge in [-0.3, -0.25) is 14.2 Å². The summed E-state index contributed by atoms with van der Waals surface area (Å²) in [5, 5.41) is 0. The lowest BCUT2D eigenvalue weighted by atomic mass is 10.1. The second-order valence-electron chi connectivity index (χ2n) is 4.77. The molecule has 1 aromatic heterocycles. The van der Waals surface area contributed by atoms with Crippen LogP contribution in [0.5, 0.6) is 0 Å². The molecular formula is C14H9ClF4N2O3. The van der Waals surface area contributed by atoms with E-state index in [1.165, 1.54) is 0 Å². The molecule has 0 aliphatic heterocycles. The largest absolute Gasteiger partial charge is 0.431 e. The summed E-state index contributed by atoms with van der Waals surface area (Å²) in [6.45, 7) is 0. The molecule has 2 rings (SSSR count). The first-order valence-electron chi connectivity index (χ1n) is 6.37. The minimum atomic E-state index is -4.93. The number of carbonyl (C=O) groups excluding carboxylic acids is 1. The van der Waals surface area contributed by atoms with E-state index in [1.54, 1.807) is 0 Å². The Morgan fingerprint density at radius 1 is 1.21 bits per heavy atom. The van der Waals surface area contributed by atoms with E-state index >= 15 is 0 Å². The maximum Gasteiger partial charge on any atom is 0.431 e. The number of ketones is 1. The van der Waals surface area contributed by atoms with Crippen LogP contribution in [-0.2, 0) is 13.2 Å². The lowest BCUT2D eigenvalue weighted by molar-refractivity contribution is -0.144. The van der Waals surface area contributed by atoms with Gasteiger partial charge in [-0.1, -0.05) is 0 Å². The van der Waals surface area contributed by atoms with Gasteiger partial charge in [-0.2, -0.15) is 13.2 Å². The Morgan fingerprint density at radius 2 is 1.83 bits per heavy atom. The molecule has 0 spiro atoms. The Balaban J connectivity index is 2.80. The van der Waals surface area contributed by atoms with Crippen LogP contribution in [0.1, 0.15) is 16.1 Å². The van der Waals surface area contributed by atoms with E-state index in [1.807, 2.05) is 0 Å². The number of halogens is 5. The Hall–Kier alpha value is -2.42. The van der Waals surface area contributed by atoms with Crippen molar-refractivity contribution in [2.45, 2.75) is 6.18 Å². The van der Waals surface area contributed by atoms with Gasteiger partial charge in [0.15, 0.2) is 5.78 Å². The fraction of sp³-hybridized carbons (Fsp3) is 0.214. The Morgan fingerprint density at radius 3 is 2.38 bits per heavy atom. The number of hydrogen-bond acceptors (Lipinski definition) is 3. The molecule has 2 aromatic rings. The molecule has 0 N–H and O–H groups in total. The number of Topliss-reactive ketones (excluding diaryl/α,β-unsaturated/α-hetero) is 1. The molecule has 0 aliphatic rings. The Labute approximate surface area is 136 Å². The summed E-state index contributed by atoms with van der Waals surface area (Å²) in [5.74, 6) is -2.08. The molecule has 0 radical (unpaired) electrons. The molecule has 1 aromatic carbocycles. The van der Waals surface area contributed by atoms with Crippen LogP contribution in [0.3, 0.4) is 0 Å². The van der Waals surface area contributed by atoms with E-state index in [9.17, 15) is 31.9 Å². The maximum atomic E-state index is 14.0. The highest BCUT2D eigenvalue weighted by atomic mass is 35.5. The minimum Gasteiger partial charge on any atom is -0.293 e. The van der Waals surface area contributed by atoms with Crippen molar-refractivity contribution < 1.29 is 22.4 Å². The number of benzene rings is 1. The van der Waals surface area contributed by atoms with Crippen LogP contribution in [-0.4, -0.2) is 20.8 Å². The first-order valence-corrected chi connectivity index (χ1v) is 6.90. The van der Waals surface area contributed by atoms with Crippen molar-refractivity contribution in [3.8, 4) is 5.69 Å². The van der Waals surface area contributed by atoms with Crippen LogP contribution in [0.2, 0.25) is 0 Å². The number of nitrogens with zero attached hydrogens (tertiary/aromatic N) is 2. The molecule has 0 aliphatic carbocycles. The fourth-order valence-electron chi connectivity index (χ4n) is 2.05. The van der Waals surface area contributed by atoms with Crippen LogP contribution in [0.15, 0.2) is 33.9 Å². The highest BCUT2D eigenvalue weighted by Crippen LogP contribution is 2.27. The molecular weight excluding hydrogens is 356 g/mol. The second-order valence-corrected chi connectivity index (χ2v) is 5.03. The summed E-state index contributed by atoms with van der Waals surface area (Å²) >= 11 is 5.38. The van der Waals surface area contributed by atoms with E-state index in [4.69, 9.17) is 11.6 Å². The lowest BCUT2D eigenvalue weighted by Gasteiger charge is -2.14. The van der Waals surface area contributed by atoms with Gasteiger partial charge in [-0.15, -0.1) is 11.6 Å². The third-order valence-corrected chi connectivity index (χ3v) is 3.48. The van der Waals surface area contributed by atoms with E-state index < -0.39 is 46.3 Å². The normalized spacial score (nSPS) is 11.6. The van der Waals surface area contributed by atoms with Crippen molar-refractivity contribution in [3.05, 3.63) is 62.2 Å². The zero-order chi connectivity index (χ0) is 18.2. The smallest absolute Gasteiger partial charge is 0.293 e. The summed E-state index contributed by atoms with van der Waals surface area (Å²) < 4.78 is 52.8. The average Bonchev–Trinajstić information content (AvgIpc) is 2.50. The quantitative estimate of drug-likeness (QED) is 0.476. The van der Waals surface area contributed by atoms with Crippen LogP contribution in [0.4, 0.5) is 17.6 Å². The third-order valence-electron chi connectivity index (χ3n) is 3.24. The summed E-state index contributed by atoms with van der Waals surface area (Å²) in [4.78, 5) is 35.6. The summed E-state index contributed by atoms with van der Waals surface area (Å²) in [6, 6.07) is 2.97. The molecule has 24 heavy (non-hydrogen) atoms. The van der Waals surface area contributed by atoms with E-state index in [0.29, 0.717) is 0 Å². The van der Waals surface area contributed by atoms with Gasteiger partial charge in [0, 0.05) is 18.7 Å². The third kappa shape index (κ3) is 3.12. The molecule has 0 saturated heterocycles. The predicted octanol–water partition coefficient (Wildman–Crippen LogP) is 2.12. The van der Waals surface area contributed by atoms with Crippen molar-refractivity contribution in [1.29, 1.82) is 0 Å². The number of aromatic nitrogens is 2. The molecule has 0 unspecified atom stereocenters. The van der Waals surface area contributed by atoms with Crippen molar-refractivity contribution in [2.75, 3.05) is 5.88 Å². The molecule has 1 heterocycles. The number of alkyl halides is 4. The zero-order valence-corrected chi connectivity index (χ0v) is 12.8. The molecule has 0 bridgehead atoms. The van der Waals surface area contributed by atoms with Crippen molar-refractivity contribution in [1.82, 2.24) is 9.13 Å². The lowest BCUT2D eigenvalue weighted by Crippen LogP contribution is -2.41. The van der Waals surface area contributed by atoms with Crippen molar-refractivity contribution >= 4 is 17.4 Å². The van der Waals surface area contributed by atoms with Gasteiger partial charge in [-0.25, -0.2) is 13.8 Å². The van der Waals surface area contributed by atoms with Gasteiger partial charge < -0.3 is 0 Å². The predicted molar refractivity (Wildman–Crippen MR) is 77.3 cm³/mol. The van der Waals surface area contributed by atoms with Gasteiger partial charge in [0.25, 0.3) is 5.56 Å². The van der Waals surface area contributed by atoms with Crippen LogP contribution in [0.25, 0.3) is 5.69 Å². The highest BCUT2D eigenvalue weighted by Gasteiger charge is 2.35. The summed E-state index contributed by atoms with van der Waals surface area (Å²) in [5.41, 5.74) is -4.97. The number of hydrogen-bond donors (Lipinski definition) is 0. The molecule has 10 heteroatoms. The molecule has 128 valence electrons. The van der Waals surface area contributed by atoms with Crippen LogP contribution < -0.4 is 11.2 Å². The first-order chi connectivity index (χ1) is 11.1. The minimum absolute atomic E-state index is 0.0877. The van der Waals surface area contributed by atoms with Gasteiger partial charge in [-0.05, 0) is 18.2 Å². The van der Waals surface area contributed by atoms with E-state index in [-0.39, 0.29) is 20.8 Å². The van der Waals surface area contributed by atoms with Gasteiger partial charge in [0.2, 0.25) is 0 Å². The Kier molecular flexibility index (Phi) is 4.66. The first kappa shape index (κ1) is 17.9. The summed E-state index contributed by atoms with van der Waals surface area (Å²) in [6.07, 6.45) is -4.93. The second kappa shape index (κ2) is 6.23. The van der Waals surface area contributed by atoms with Gasteiger partial charge in [0.05, 0.1) is 11.6 Å². The number of carbonyl (C=O) groups is 1. The monoisotopic (exact) mass is 364 g/mol. The average molecular weight is 365 g/mol. The van der Waals surface area contributed by atoms with Gasteiger partial charge >= 0.3 is 11.9 Å². The van der Waals surface area contributed by atoms with Crippen molar-refractivity contribution in [3.63, 3.8) is 0 Å². The van der Waals surface area contributed by atoms with Crippen LogP contribution >= 0.6 is 11.6 Å². The number of rotatable bonds is 3.